The number of carbonyl (C=O) groups excluding carboxylic acids is 10. The fourth-order valence-electron chi connectivity index (χ4n) is 8.10. The molecule has 2 bridgehead atoms. The number of methoxy groups -OCH3 is 1. The van der Waals surface area contributed by atoms with E-state index in [-0.39, 0.29) is 56.4 Å². The second kappa shape index (κ2) is 27.3. The highest BCUT2D eigenvalue weighted by atomic mass is 16.5. The molecule has 10 N–H and O–H groups in total. The summed E-state index contributed by atoms with van der Waals surface area (Å²) < 4.78 is 11.5. The van der Waals surface area contributed by atoms with E-state index >= 15 is 4.79 Å². The van der Waals surface area contributed by atoms with Crippen LogP contribution < -0.4 is 37.6 Å². The number of nitrogens with two attached hydrogens (primary N) is 1. The molecular formula is C49H67N9O14. The van der Waals surface area contributed by atoms with Crippen molar-refractivity contribution in [2.24, 2.45) is 5.73 Å². The number of phenolic OH excluding ortho intramolecular Hbond substituents is 1. The molecule has 0 aromatic heterocycles. The number of esters is 1. The highest BCUT2D eigenvalue weighted by molar-refractivity contribution is 6.00. The van der Waals surface area contributed by atoms with E-state index in [9.17, 15) is 53.4 Å². The standard InChI is InChI=1S/C49H67N9O14/c1-7-27(2)42(63)53-33(17-20-38(50)61)44(65)56-41-29(4)72-49(70)28(3)52-45(66)36(25-31-13-15-32(60)16-14-31)57(5)48(69)37(26-30-11-9-8-10-12-30)58-40(71-6)22-19-35(47(58)68)55-43(64)34(54-46(41)67)18-21-39(62)51-23-24-59/h7-16,28-29,33-37,40-41,59-60H,17-26H2,1-6H3,(H2,50,61)(H,51,62)(H,52,66)(H,53,63)(H,54,67)(H,55,64)(H,56,65). The van der Waals surface area contributed by atoms with Crippen LogP contribution in [0.5, 0.6) is 5.75 Å². The second-order valence-electron chi connectivity index (χ2n) is 17.7. The first-order valence-electron chi connectivity index (χ1n) is 23.6. The summed E-state index contributed by atoms with van der Waals surface area (Å²) in [5.74, 6) is -8.76. The van der Waals surface area contributed by atoms with Crippen LogP contribution in [0, 0.1) is 0 Å². The monoisotopic (exact) mass is 1010 g/mol. The van der Waals surface area contributed by atoms with Gasteiger partial charge in [-0.2, -0.15) is 0 Å². The average molecular weight is 1010 g/mol. The van der Waals surface area contributed by atoms with E-state index in [1.807, 2.05) is 0 Å². The number of allylic oxidation sites excluding steroid dienone is 1. The van der Waals surface area contributed by atoms with Gasteiger partial charge in [0, 0.05) is 52.0 Å². The van der Waals surface area contributed by atoms with Gasteiger partial charge in [0.25, 0.3) is 0 Å². The molecule has 23 heteroatoms. The first-order valence-corrected chi connectivity index (χ1v) is 23.6. The number of primary amides is 1. The minimum absolute atomic E-state index is 0.0140. The number of benzene rings is 2. The van der Waals surface area contributed by atoms with Crippen molar-refractivity contribution in [2.75, 3.05) is 27.3 Å². The Morgan fingerprint density at radius 3 is 2.15 bits per heavy atom. The molecule has 9 unspecified atom stereocenters. The topological polar surface area (TPSA) is 334 Å². The van der Waals surface area contributed by atoms with Crippen LogP contribution >= 0.6 is 0 Å². The summed E-state index contributed by atoms with van der Waals surface area (Å²) in [4.78, 5) is 141. The summed E-state index contributed by atoms with van der Waals surface area (Å²) in [5.41, 5.74) is 6.70. The number of aliphatic hydroxyl groups excluding tert-OH is 1. The minimum Gasteiger partial charge on any atom is -0.508 e. The molecule has 2 fully saturated rings. The Morgan fingerprint density at radius 2 is 1.53 bits per heavy atom. The molecule has 392 valence electrons. The number of rotatable bonds is 17. The van der Waals surface area contributed by atoms with E-state index in [0.717, 1.165) is 4.90 Å². The summed E-state index contributed by atoms with van der Waals surface area (Å²) in [7, 11) is 2.71. The first kappa shape index (κ1) is 57.2. The van der Waals surface area contributed by atoms with Gasteiger partial charge in [0.05, 0.1) is 6.61 Å². The predicted octanol–water partition coefficient (Wildman–Crippen LogP) is -1.52. The van der Waals surface area contributed by atoms with Crippen LogP contribution in [-0.4, -0.2) is 161 Å². The lowest BCUT2D eigenvalue weighted by atomic mass is 9.95. The van der Waals surface area contributed by atoms with Crippen LogP contribution in [0.1, 0.15) is 77.3 Å². The molecule has 9 amide bonds. The van der Waals surface area contributed by atoms with Gasteiger partial charge in [0.2, 0.25) is 53.2 Å². The first-order chi connectivity index (χ1) is 34.2. The van der Waals surface area contributed by atoms with Crippen LogP contribution in [0.4, 0.5) is 0 Å². The maximum absolute atomic E-state index is 15.1. The summed E-state index contributed by atoms with van der Waals surface area (Å²) in [6, 6.07) is 4.05. The number of aromatic hydroxyl groups is 1. The van der Waals surface area contributed by atoms with Gasteiger partial charge in [-0.25, -0.2) is 4.79 Å². The Morgan fingerprint density at radius 1 is 0.875 bits per heavy atom. The zero-order chi connectivity index (χ0) is 53.2. The van der Waals surface area contributed by atoms with Gasteiger partial charge >= 0.3 is 5.97 Å². The minimum atomic E-state index is -1.88. The van der Waals surface area contributed by atoms with E-state index in [2.05, 4.69) is 31.9 Å². The maximum Gasteiger partial charge on any atom is 0.328 e. The fraction of sp³-hybridized carbons (Fsp3) is 0.510. The molecule has 2 aliphatic heterocycles. The number of phenols is 1. The molecule has 4 rings (SSSR count). The molecule has 2 aromatic carbocycles. The molecule has 23 nitrogen and oxygen atoms in total. The van der Waals surface area contributed by atoms with Gasteiger partial charge in [-0.05, 0) is 76.6 Å². The third kappa shape index (κ3) is 16.1. The Hall–Kier alpha value is -7.40. The normalized spacial score (nSPS) is 24.2. The van der Waals surface area contributed by atoms with Crippen molar-refractivity contribution in [2.45, 2.75) is 134 Å². The lowest BCUT2D eigenvalue weighted by Gasteiger charge is -2.44. The number of nitrogens with zero attached hydrogens (tertiary/aromatic N) is 2. The molecule has 2 heterocycles. The van der Waals surface area contributed by atoms with Crippen molar-refractivity contribution in [3.05, 3.63) is 77.4 Å². The number of fused-ring (bicyclic) bond motifs is 2. The number of likely N-dealkylation sites (N-methyl/N-ethyl adjacent to an activating group) is 1. The third-order valence-electron chi connectivity index (χ3n) is 12.4. The number of amides is 9. The summed E-state index contributed by atoms with van der Waals surface area (Å²) in [6.45, 7) is 5.04. The molecule has 0 spiro atoms. The van der Waals surface area contributed by atoms with E-state index in [4.69, 9.17) is 15.2 Å². The Bertz CT molecular complexity index is 2310. The molecule has 72 heavy (non-hydrogen) atoms. The number of aliphatic hydroxyl groups is 1. The molecule has 9 atom stereocenters. The number of ether oxygens (including phenoxy) is 2. The predicted molar refractivity (Wildman–Crippen MR) is 257 cm³/mol. The van der Waals surface area contributed by atoms with Crippen LogP contribution in [-0.2, 0) is 70.3 Å². The van der Waals surface area contributed by atoms with E-state index in [1.165, 1.54) is 58.0 Å². The molecule has 0 radical (unpaired) electrons. The summed E-state index contributed by atoms with van der Waals surface area (Å²) in [6.07, 6.45) is -2.81. The molecule has 2 saturated heterocycles. The van der Waals surface area contributed by atoms with Crippen molar-refractivity contribution >= 4 is 59.1 Å². The highest BCUT2D eigenvalue weighted by Crippen LogP contribution is 2.27. The Balaban J connectivity index is 1.87. The number of nitrogens with one attached hydrogen (secondary N) is 6. The van der Waals surface area contributed by atoms with Gasteiger partial charge in [0.1, 0.15) is 60.4 Å². The fourth-order valence-corrected chi connectivity index (χ4v) is 8.10. The van der Waals surface area contributed by atoms with Crippen LogP contribution in [0.15, 0.2) is 66.2 Å². The molecule has 2 aliphatic rings. The quantitative estimate of drug-likeness (QED) is 0.0643. The number of piperidine rings is 1. The van der Waals surface area contributed by atoms with Crippen molar-refractivity contribution in [3.8, 4) is 5.75 Å². The average Bonchev–Trinajstić information content (AvgIpc) is 3.35. The summed E-state index contributed by atoms with van der Waals surface area (Å²) in [5, 5.41) is 34.5. The van der Waals surface area contributed by atoms with Crippen LogP contribution in [0.2, 0.25) is 0 Å². The van der Waals surface area contributed by atoms with Crippen molar-refractivity contribution in [1.29, 1.82) is 0 Å². The van der Waals surface area contributed by atoms with E-state index in [1.54, 1.807) is 49.4 Å². The Labute approximate surface area is 417 Å². The molecular weight excluding hydrogens is 939 g/mol. The summed E-state index contributed by atoms with van der Waals surface area (Å²) >= 11 is 0. The van der Waals surface area contributed by atoms with Crippen molar-refractivity contribution in [3.63, 3.8) is 0 Å². The Kier molecular flexibility index (Phi) is 21.7. The zero-order valence-electron chi connectivity index (χ0n) is 41.3. The van der Waals surface area contributed by atoms with Gasteiger partial charge in [-0.3, -0.25) is 43.2 Å². The van der Waals surface area contributed by atoms with E-state index < -0.39 is 133 Å². The van der Waals surface area contributed by atoms with E-state index in [0.29, 0.717) is 11.1 Å². The number of cyclic esters (lactones) is 1. The third-order valence-corrected chi connectivity index (χ3v) is 12.4. The largest absolute Gasteiger partial charge is 0.508 e. The number of hydrogen-bond acceptors (Lipinski definition) is 14. The smallest absolute Gasteiger partial charge is 0.328 e. The SMILES string of the molecule is CC=C(C)C(=O)NC(CCC(N)=O)C(=O)NC1C(=O)NC(CCC(=O)NCCO)C(=O)NC2CCC(OC)N(C2=O)C(Cc2ccccc2)C(=O)N(C)C(Cc2ccc(O)cc2)C(=O)NC(C)C(=O)OC1C. The molecule has 0 saturated carbocycles. The van der Waals surface area contributed by atoms with Crippen LogP contribution in [0.3, 0.4) is 0 Å². The number of carbonyl (C=O) groups is 10. The van der Waals surface area contributed by atoms with Crippen molar-refractivity contribution < 1.29 is 67.6 Å². The molecule has 0 aliphatic carbocycles. The lowest BCUT2D eigenvalue weighted by molar-refractivity contribution is -0.168. The second-order valence-corrected chi connectivity index (χ2v) is 17.7. The van der Waals surface area contributed by atoms with Gasteiger partial charge in [0.15, 0.2) is 0 Å². The highest BCUT2D eigenvalue weighted by Gasteiger charge is 2.46. The zero-order valence-corrected chi connectivity index (χ0v) is 41.3. The van der Waals surface area contributed by atoms with Crippen molar-refractivity contribution in [1.82, 2.24) is 41.7 Å². The lowest BCUT2D eigenvalue weighted by Crippen LogP contribution is -2.65. The number of hydrogen-bond donors (Lipinski definition) is 9. The van der Waals surface area contributed by atoms with Gasteiger partial charge in [-0.1, -0.05) is 48.5 Å². The maximum atomic E-state index is 15.1. The van der Waals surface area contributed by atoms with Crippen LogP contribution in [0.25, 0.3) is 0 Å². The van der Waals surface area contributed by atoms with Gasteiger partial charge in [-0.15, -0.1) is 0 Å². The molecule has 2 aromatic rings. The van der Waals surface area contributed by atoms with Gasteiger partial charge < -0.3 is 67.1 Å².